The van der Waals surface area contributed by atoms with Crippen LogP contribution in [0.4, 0.5) is 0 Å². The fourth-order valence-corrected chi connectivity index (χ4v) is 0.695. The van der Waals surface area contributed by atoms with Gasteiger partial charge in [-0.2, -0.15) is 0 Å². The normalized spacial score (nSPS) is 8.75. The van der Waals surface area contributed by atoms with E-state index in [9.17, 15) is 8.42 Å². The molecule has 8 heavy (non-hydrogen) atoms. The van der Waals surface area contributed by atoms with Gasteiger partial charge in [-0.15, -0.1) is 0 Å². The molecule has 0 saturated carbocycles. The van der Waals surface area contributed by atoms with Crippen LogP contribution in [0.5, 0.6) is 0 Å². The minimum absolute atomic E-state index is 0. The summed E-state index contributed by atoms with van der Waals surface area (Å²) in [6.07, 6.45) is 0. The molecule has 0 amide bonds. The summed E-state index contributed by atoms with van der Waals surface area (Å²) in [6.45, 7) is 0.204. The van der Waals surface area contributed by atoms with Gasteiger partial charge >= 0.3 is 18.9 Å². The van der Waals surface area contributed by atoms with Crippen LogP contribution in [0.3, 0.4) is 0 Å². The monoisotopic (exact) mass is 194 g/mol. The molecule has 6 heteroatoms. The third-order valence-corrected chi connectivity index (χ3v) is 0.940. The van der Waals surface area contributed by atoms with Gasteiger partial charge in [0.2, 0.25) is 0 Å². The molecule has 0 N–H and O–H groups in total. The van der Waals surface area contributed by atoms with Crippen LogP contribution in [0.15, 0.2) is 0 Å². The zero-order valence-corrected chi connectivity index (χ0v) is 6.83. The molecule has 0 aromatic carbocycles. The molecule has 0 aliphatic rings. The van der Waals surface area contributed by atoms with Gasteiger partial charge in [-0.25, -0.2) is 0 Å². The molecule has 0 aliphatic heterocycles. The SMILES string of the molecule is O=[S-](=O)OCCBr.[Li+]. The first-order valence-corrected chi connectivity index (χ1v) is 3.68. The van der Waals surface area contributed by atoms with Crippen molar-refractivity contribution in [3.63, 3.8) is 0 Å². The summed E-state index contributed by atoms with van der Waals surface area (Å²) in [5.41, 5.74) is 0. The van der Waals surface area contributed by atoms with E-state index in [1.807, 2.05) is 0 Å². The molecule has 0 rings (SSSR count). The van der Waals surface area contributed by atoms with E-state index in [0.717, 1.165) is 0 Å². The Morgan fingerprint density at radius 2 is 2.00 bits per heavy atom. The van der Waals surface area contributed by atoms with Crippen molar-refractivity contribution in [2.45, 2.75) is 0 Å². The second kappa shape index (κ2) is 7.99. The molecule has 0 fully saturated rings. The molecule has 0 heterocycles. The van der Waals surface area contributed by atoms with Gasteiger partial charge in [0, 0.05) is 11.9 Å². The van der Waals surface area contributed by atoms with Crippen LogP contribution in [0.1, 0.15) is 0 Å². The minimum Gasteiger partial charge on any atom is -0.423 e. The maximum Gasteiger partial charge on any atom is 1.00 e. The molecule has 44 valence electrons. The van der Waals surface area contributed by atoms with E-state index in [4.69, 9.17) is 0 Å². The average Bonchev–Trinajstić information content (AvgIpc) is 1.61. The van der Waals surface area contributed by atoms with E-state index in [-0.39, 0.29) is 25.5 Å². The van der Waals surface area contributed by atoms with Crippen LogP contribution in [0.25, 0.3) is 0 Å². The first kappa shape index (κ1) is 11.7. The van der Waals surface area contributed by atoms with Crippen LogP contribution in [0.2, 0.25) is 0 Å². The number of hydrogen-bond donors (Lipinski definition) is 0. The Kier molecular flexibility index (Phi) is 11.7. The zero-order valence-electron chi connectivity index (χ0n) is 4.43. The van der Waals surface area contributed by atoms with E-state index in [0.29, 0.717) is 5.33 Å². The predicted octanol–water partition coefficient (Wildman–Crippen LogP) is -2.37. The van der Waals surface area contributed by atoms with Gasteiger partial charge in [0.05, 0.1) is 11.0 Å². The Bertz CT molecular complexity index is 95.5. The number of halogens is 1. The van der Waals surface area contributed by atoms with E-state index < -0.39 is 11.0 Å². The maximum absolute atomic E-state index is 9.52. The topological polar surface area (TPSA) is 43.4 Å². The molecule has 0 aromatic rings. The predicted molar refractivity (Wildman–Crippen MR) is 28.5 cm³/mol. The summed E-state index contributed by atoms with van der Waals surface area (Å²) in [5, 5.41) is 0.543. The van der Waals surface area contributed by atoms with Gasteiger partial charge in [-0.3, -0.25) is 0 Å². The molecule has 0 unspecified atom stereocenters. The van der Waals surface area contributed by atoms with Crippen molar-refractivity contribution in [2.24, 2.45) is 0 Å². The van der Waals surface area contributed by atoms with Crippen LogP contribution >= 0.6 is 15.9 Å². The smallest absolute Gasteiger partial charge is 0.423 e. The Morgan fingerprint density at radius 1 is 1.50 bits per heavy atom. The minimum atomic E-state index is -2.35. The second-order valence-electron chi connectivity index (χ2n) is 0.715. The van der Waals surface area contributed by atoms with Crippen molar-refractivity contribution in [1.82, 2.24) is 0 Å². The average molecular weight is 195 g/mol. The van der Waals surface area contributed by atoms with Gasteiger partial charge in [0.1, 0.15) is 0 Å². The molecule has 0 saturated heterocycles. The quantitative estimate of drug-likeness (QED) is 0.287. The van der Waals surface area contributed by atoms with E-state index in [2.05, 4.69) is 20.1 Å². The summed E-state index contributed by atoms with van der Waals surface area (Å²) in [7, 11) is -2.35. The van der Waals surface area contributed by atoms with Gasteiger partial charge in [0.25, 0.3) is 0 Å². The van der Waals surface area contributed by atoms with Crippen LogP contribution in [-0.2, 0) is 23.6 Å². The summed E-state index contributed by atoms with van der Waals surface area (Å²) >= 11 is 2.98. The second-order valence-corrected chi connectivity index (χ2v) is 2.15. The van der Waals surface area contributed by atoms with E-state index in [1.54, 1.807) is 0 Å². The molecular formula is C2H4BrLiO3S. The summed E-state index contributed by atoms with van der Waals surface area (Å²) < 4.78 is 23.1. The van der Waals surface area contributed by atoms with Crippen LogP contribution in [-0.4, -0.2) is 11.9 Å². The summed E-state index contributed by atoms with van der Waals surface area (Å²) in [5.74, 6) is 0. The van der Waals surface area contributed by atoms with Crippen molar-refractivity contribution in [3.8, 4) is 0 Å². The first-order valence-electron chi connectivity index (χ1n) is 1.56. The van der Waals surface area contributed by atoms with Crippen molar-refractivity contribution >= 4 is 26.9 Å². The Hall–Kier alpha value is 0.987. The van der Waals surface area contributed by atoms with Gasteiger partial charge < -0.3 is 12.6 Å². The number of rotatable bonds is 3. The van der Waals surface area contributed by atoms with E-state index >= 15 is 0 Å². The van der Waals surface area contributed by atoms with Crippen molar-refractivity contribution in [2.75, 3.05) is 11.9 Å². The Morgan fingerprint density at radius 3 is 2.12 bits per heavy atom. The summed E-state index contributed by atoms with van der Waals surface area (Å²) in [6, 6.07) is 0. The van der Waals surface area contributed by atoms with Gasteiger partial charge in [-0.05, 0) is 0 Å². The van der Waals surface area contributed by atoms with Crippen molar-refractivity contribution < 1.29 is 31.5 Å². The maximum atomic E-state index is 9.52. The van der Waals surface area contributed by atoms with Crippen LogP contribution < -0.4 is 18.9 Å². The van der Waals surface area contributed by atoms with Crippen LogP contribution in [0, 0.1) is 0 Å². The molecule has 0 bridgehead atoms. The summed E-state index contributed by atoms with van der Waals surface area (Å²) in [4.78, 5) is 0. The molecule has 0 aliphatic carbocycles. The zero-order chi connectivity index (χ0) is 5.70. The number of hydrogen-bond acceptors (Lipinski definition) is 4. The number of alkyl halides is 1. The Labute approximate surface area is 70.2 Å². The van der Waals surface area contributed by atoms with Gasteiger partial charge in [0.15, 0.2) is 0 Å². The third kappa shape index (κ3) is 10.1. The first-order chi connectivity index (χ1) is 3.27. The largest absolute Gasteiger partial charge is 1.00 e. The fraction of sp³-hybridized carbons (Fsp3) is 1.00. The third-order valence-electron chi connectivity index (χ3n) is 0.257. The molecular weight excluding hydrogens is 191 g/mol. The Balaban J connectivity index is 0. The standard InChI is InChI=1S/C2H4BrO3S.Li/c3-1-2-6-7(4)5;/h1-2H2;/q-1;+1. The van der Waals surface area contributed by atoms with Crippen molar-refractivity contribution in [3.05, 3.63) is 0 Å². The molecule has 0 aromatic heterocycles. The molecule has 0 radical (unpaired) electrons. The fourth-order valence-electron chi connectivity index (χ4n) is 0.0995. The van der Waals surface area contributed by atoms with Crippen molar-refractivity contribution in [1.29, 1.82) is 0 Å². The van der Waals surface area contributed by atoms with E-state index in [1.165, 1.54) is 0 Å². The van der Waals surface area contributed by atoms with Gasteiger partial charge in [-0.1, -0.05) is 15.9 Å². The molecule has 0 atom stereocenters. The molecule has 0 spiro atoms. The molecule has 3 nitrogen and oxygen atoms in total.